The van der Waals surface area contributed by atoms with Crippen LogP contribution in [0.25, 0.3) is 0 Å². The molecule has 0 aliphatic rings. The van der Waals surface area contributed by atoms with E-state index in [1.165, 1.54) is 0 Å². The summed E-state index contributed by atoms with van der Waals surface area (Å²) in [6.45, 7) is 9.22. The summed E-state index contributed by atoms with van der Waals surface area (Å²) in [6, 6.07) is 6.85. The van der Waals surface area contributed by atoms with Gasteiger partial charge in [-0.3, -0.25) is 0 Å². The molecule has 0 aliphatic heterocycles. The van der Waals surface area contributed by atoms with Crippen molar-refractivity contribution in [3.05, 3.63) is 29.3 Å². The van der Waals surface area contributed by atoms with Crippen LogP contribution in [0.15, 0.2) is 23.1 Å². The van der Waals surface area contributed by atoms with Gasteiger partial charge in [0.05, 0.1) is 0 Å². The van der Waals surface area contributed by atoms with Gasteiger partial charge in [-0.05, 0) is 0 Å². The molecule has 0 aliphatic carbocycles. The Labute approximate surface area is 111 Å². The Hall–Kier alpha value is 0.453. The maximum atomic E-state index is 2.47. The van der Waals surface area contributed by atoms with E-state index in [0.29, 0.717) is 11.8 Å². The Balaban J connectivity index is 3.23. The summed E-state index contributed by atoms with van der Waals surface area (Å²) in [7, 11) is 2.21. The van der Waals surface area contributed by atoms with E-state index in [0.717, 1.165) is 0 Å². The van der Waals surface area contributed by atoms with Crippen LogP contribution in [0.4, 0.5) is 0 Å². The number of rotatable bonds is 4. The Morgan fingerprint density at radius 1 is 0.938 bits per heavy atom. The van der Waals surface area contributed by atoms with Crippen LogP contribution in [-0.4, -0.2) is 20.3 Å². The quantitative estimate of drug-likeness (QED) is 0.584. The minimum absolute atomic E-state index is 0.644. The monoisotopic (exact) mass is 432 g/mol. The van der Waals surface area contributed by atoms with Crippen molar-refractivity contribution >= 4 is 28.8 Å². The summed E-state index contributed by atoms with van der Waals surface area (Å²) in [4.78, 5) is 1.61. The fourth-order valence-electron chi connectivity index (χ4n) is 1.77. The van der Waals surface area contributed by atoms with Crippen LogP contribution in [-0.2, 0) is 0 Å². The van der Waals surface area contributed by atoms with Gasteiger partial charge in [-0.1, -0.05) is 0 Å². The SMILES string of the molecule is CC(C)c1cccc(C(C)C)c1[S][Bi]([CH3])[CH3]. The van der Waals surface area contributed by atoms with Gasteiger partial charge >= 0.3 is 112 Å². The molecular weight excluding hydrogens is 409 g/mol. The molecule has 1 rings (SSSR count). The molecule has 0 bridgehead atoms. The van der Waals surface area contributed by atoms with E-state index < -0.39 is 20.3 Å². The van der Waals surface area contributed by atoms with Crippen LogP contribution in [0.1, 0.15) is 50.7 Å². The van der Waals surface area contributed by atoms with Gasteiger partial charge in [-0.15, -0.1) is 0 Å². The zero-order valence-electron chi connectivity index (χ0n) is 11.2. The van der Waals surface area contributed by atoms with E-state index in [4.69, 9.17) is 0 Å². The van der Waals surface area contributed by atoms with Crippen molar-refractivity contribution < 1.29 is 0 Å². The Kier molecular flexibility index (Phi) is 5.81. The van der Waals surface area contributed by atoms with E-state index in [9.17, 15) is 0 Å². The van der Waals surface area contributed by atoms with Gasteiger partial charge in [-0.25, -0.2) is 0 Å². The second kappa shape index (κ2) is 6.40. The van der Waals surface area contributed by atoms with Crippen molar-refractivity contribution in [2.24, 2.45) is 0 Å². The molecule has 2 heteroatoms. The van der Waals surface area contributed by atoms with Crippen LogP contribution < -0.4 is 0 Å². The summed E-state index contributed by atoms with van der Waals surface area (Å²) < 4.78 is 4.95. The third-order valence-corrected chi connectivity index (χ3v) is 10.0. The average molecular weight is 432 g/mol. The minimum atomic E-state index is -1.21. The molecule has 1 aromatic carbocycles. The molecule has 0 radical (unpaired) electrons. The van der Waals surface area contributed by atoms with Gasteiger partial charge in [0.15, 0.2) is 0 Å². The van der Waals surface area contributed by atoms with Gasteiger partial charge < -0.3 is 0 Å². The van der Waals surface area contributed by atoms with E-state index >= 15 is 0 Å². The number of hydrogen-bond donors (Lipinski definition) is 0. The zero-order valence-corrected chi connectivity index (χ0v) is 15.5. The normalized spacial score (nSPS) is 11.8. The van der Waals surface area contributed by atoms with Crippen LogP contribution in [0.3, 0.4) is 0 Å². The molecule has 0 heterocycles. The average Bonchev–Trinajstić information content (AvgIpc) is 2.16. The fourth-order valence-corrected chi connectivity index (χ4v) is 9.67. The van der Waals surface area contributed by atoms with E-state index in [-0.39, 0.29) is 0 Å². The molecule has 0 amide bonds. The van der Waals surface area contributed by atoms with Crippen LogP contribution >= 0.6 is 8.52 Å². The van der Waals surface area contributed by atoms with Gasteiger partial charge in [-0.2, -0.15) is 0 Å². The van der Waals surface area contributed by atoms with E-state index in [2.05, 4.69) is 63.7 Å². The molecule has 0 N–H and O–H groups in total. The molecule has 0 nitrogen and oxygen atoms in total. The van der Waals surface area contributed by atoms with Crippen molar-refractivity contribution in [3.8, 4) is 0 Å². The third kappa shape index (κ3) is 3.74. The predicted octanol–water partition coefficient (Wildman–Crippen LogP) is 5.28. The molecule has 0 spiro atoms. The molecule has 1 aromatic rings. The molecule has 0 aromatic heterocycles. The number of hydrogen-bond acceptors (Lipinski definition) is 1. The Morgan fingerprint density at radius 3 is 1.69 bits per heavy atom. The molecule has 16 heavy (non-hydrogen) atoms. The first-order chi connectivity index (χ1) is 7.43. The first-order valence-corrected chi connectivity index (χ1v) is 17.9. The van der Waals surface area contributed by atoms with Gasteiger partial charge in [0.25, 0.3) is 0 Å². The topological polar surface area (TPSA) is 0 Å². The summed E-state index contributed by atoms with van der Waals surface area (Å²) in [6.07, 6.45) is 0. The van der Waals surface area contributed by atoms with Crippen molar-refractivity contribution in [3.63, 3.8) is 0 Å². The summed E-state index contributed by atoms with van der Waals surface area (Å²) in [5.41, 5.74) is 3.11. The van der Waals surface area contributed by atoms with Crippen molar-refractivity contribution in [1.29, 1.82) is 0 Å². The van der Waals surface area contributed by atoms with Gasteiger partial charge in [0.2, 0.25) is 0 Å². The first kappa shape index (κ1) is 14.5. The van der Waals surface area contributed by atoms with Gasteiger partial charge in [0, 0.05) is 0 Å². The first-order valence-electron chi connectivity index (χ1n) is 5.91. The molecule has 90 valence electrons. The zero-order chi connectivity index (χ0) is 12.3. The molecular formula is C14H23BiS. The maximum absolute atomic E-state index is 2.47. The second-order valence-corrected chi connectivity index (χ2v) is 20.4. The van der Waals surface area contributed by atoms with Crippen molar-refractivity contribution in [1.82, 2.24) is 0 Å². The standard InChI is InChI=1S/C12H18S.2CH3.Bi/c1-8(2)10-6-5-7-11(9(3)4)12(10)13;;;/h5-9,13H,1-4H3;2*1H3;/q;;;+1/p-1. The Bertz CT molecular complexity index is 316. The van der Waals surface area contributed by atoms with Crippen molar-refractivity contribution in [2.45, 2.75) is 53.7 Å². The van der Waals surface area contributed by atoms with E-state index in [1.807, 2.05) is 0 Å². The van der Waals surface area contributed by atoms with Gasteiger partial charge in [0.1, 0.15) is 0 Å². The van der Waals surface area contributed by atoms with Crippen LogP contribution in [0, 0.1) is 0 Å². The third-order valence-electron chi connectivity index (χ3n) is 2.59. The van der Waals surface area contributed by atoms with Crippen LogP contribution in [0.5, 0.6) is 0 Å². The van der Waals surface area contributed by atoms with Crippen molar-refractivity contribution in [2.75, 3.05) is 0 Å². The van der Waals surface area contributed by atoms with Crippen LogP contribution in [0.2, 0.25) is 9.26 Å². The summed E-state index contributed by atoms with van der Waals surface area (Å²) in [5, 5.41) is 0. The molecule has 0 atom stereocenters. The Morgan fingerprint density at radius 2 is 1.38 bits per heavy atom. The fraction of sp³-hybridized carbons (Fsp3) is 0.571. The number of benzene rings is 1. The molecule has 0 saturated carbocycles. The molecule has 0 fully saturated rings. The second-order valence-electron chi connectivity index (χ2n) is 4.98. The van der Waals surface area contributed by atoms with E-state index in [1.54, 1.807) is 16.0 Å². The molecule has 0 unspecified atom stereocenters. The summed E-state index contributed by atoms with van der Waals surface area (Å²) in [5.74, 6) is 1.29. The predicted molar refractivity (Wildman–Crippen MR) is 78.0 cm³/mol. The summed E-state index contributed by atoms with van der Waals surface area (Å²) >= 11 is -1.21. The molecule has 0 saturated heterocycles.